The van der Waals surface area contributed by atoms with Gasteiger partial charge in [-0.2, -0.15) is 5.10 Å². The number of hydroxylamine groups is 2. The highest BCUT2D eigenvalue weighted by atomic mass is 16.7. The van der Waals surface area contributed by atoms with Gasteiger partial charge in [0.2, 0.25) is 0 Å². The lowest BCUT2D eigenvalue weighted by molar-refractivity contribution is -0.167. The van der Waals surface area contributed by atoms with E-state index in [2.05, 4.69) is 5.10 Å². The average molecular weight is 341 g/mol. The van der Waals surface area contributed by atoms with Crippen LogP contribution < -0.4 is 0 Å². The van der Waals surface area contributed by atoms with Crippen LogP contribution in [0.25, 0.3) is 0 Å². The Labute approximate surface area is 145 Å². The van der Waals surface area contributed by atoms with Crippen LogP contribution in [0.2, 0.25) is 0 Å². The zero-order valence-electron chi connectivity index (χ0n) is 14.4. The molecule has 3 rings (SSSR count). The van der Waals surface area contributed by atoms with Crippen molar-refractivity contribution >= 4 is 17.8 Å². The lowest BCUT2D eigenvalue weighted by Crippen LogP contribution is -2.33. The van der Waals surface area contributed by atoms with Crippen LogP contribution in [0.5, 0.6) is 0 Å². The van der Waals surface area contributed by atoms with Crippen LogP contribution in [-0.2, 0) is 35.9 Å². The van der Waals surface area contributed by atoms with Crippen molar-refractivity contribution in [1.29, 1.82) is 0 Å². The van der Waals surface area contributed by atoms with Gasteiger partial charge in [0, 0.05) is 18.3 Å². The van der Waals surface area contributed by atoms with Crippen molar-refractivity contribution in [3.63, 3.8) is 0 Å². The number of carbonyl (C=O) groups is 3. The summed E-state index contributed by atoms with van der Waals surface area (Å²) in [6.07, 6.45) is 1.37. The molecule has 25 heavy (non-hydrogen) atoms. The first-order valence-electron chi connectivity index (χ1n) is 8.20. The molecule has 0 bridgehead atoms. The van der Waals surface area contributed by atoms with E-state index in [1.165, 1.54) is 12.1 Å². The van der Waals surface area contributed by atoms with Crippen molar-refractivity contribution in [2.75, 3.05) is 0 Å². The van der Waals surface area contributed by atoms with Crippen molar-refractivity contribution in [2.24, 2.45) is 7.05 Å². The Bertz CT molecular complexity index is 834. The van der Waals surface area contributed by atoms with E-state index >= 15 is 0 Å². The summed E-state index contributed by atoms with van der Waals surface area (Å²) in [5, 5.41) is 4.95. The van der Waals surface area contributed by atoms with E-state index in [1.807, 2.05) is 20.9 Å². The normalized spacial score (nSPS) is 13.3. The summed E-state index contributed by atoms with van der Waals surface area (Å²) in [6, 6.07) is 6.39. The van der Waals surface area contributed by atoms with Gasteiger partial charge >= 0.3 is 5.97 Å². The van der Waals surface area contributed by atoms with E-state index in [9.17, 15) is 14.4 Å². The van der Waals surface area contributed by atoms with Crippen LogP contribution in [0.15, 0.2) is 24.3 Å². The Morgan fingerprint density at radius 2 is 1.68 bits per heavy atom. The molecule has 0 N–H and O–H groups in total. The van der Waals surface area contributed by atoms with Crippen molar-refractivity contribution in [2.45, 2.75) is 33.1 Å². The number of carbonyl (C=O) groups excluding carboxylic acids is 3. The third-order valence-electron chi connectivity index (χ3n) is 4.30. The SMILES string of the molecule is CCc1nn(C)c(CC)c1CC(=O)ON1C(=O)c2ccccc2C1=O. The second-order valence-corrected chi connectivity index (χ2v) is 5.79. The number of imide groups is 1. The highest BCUT2D eigenvalue weighted by molar-refractivity contribution is 6.20. The highest BCUT2D eigenvalue weighted by Gasteiger charge is 2.38. The van der Waals surface area contributed by atoms with Gasteiger partial charge in [-0.3, -0.25) is 14.3 Å². The Morgan fingerprint density at radius 1 is 1.08 bits per heavy atom. The van der Waals surface area contributed by atoms with Gasteiger partial charge in [0.05, 0.1) is 23.2 Å². The molecule has 7 nitrogen and oxygen atoms in total. The summed E-state index contributed by atoms with van der Waals surface area (Å²) >= 11 is 0. The molecule has 0 spiro atoms. The molecule has 0 saturated carbocycles. The lowest BCUT2D eigenvalue weighted by Gasteiger charge is -2.13. The fraction of sp³-hybridized carbons (Fsp3) is 0.333. The minimum atomic E-state index is -0.660. The zero-order chi connectivity index (χ0) is 18.1. The summed E-state index contributed by atoms with van der Waals surface area (Å²) in [6.45, 7) is 3.94. The second-order valence-electron chi connectivity index (χ2n) is 5.79. The van der Waals surface area contributed by atoms with Crippen LogP contribution in [0.1, 0.15) is 51.5 Å². The molecular weight excluding hydrogens is 322 g/mol. The van der Waals surface area contributed by atoms with Gasteiger partial charge in [-0.15, -0.1) is 0 Å². The molecule has 1 aliphatic rings. The summed E-state index contributed by atoms with van der Waals surface area (Å²) < 4.78 is 1.75. The van der Waals surface area contributed by atoms with Gasteiger partial charge in [-0.1, -0.05) is 31.0 Å². The van der Waals surface area contributed by atoms with Crippen LogP contribution >= 0.6 is 0 Å². The van der Waals surface area contributed by atoms with Gasteiger partial charge in [0.15, 0.2) is 0 Å². The van der Waals surface area contributed by atoms with Crippen molar-refractivity contribution < 1.29 is 19.2 Å². The topological polar surface area (TPSA) is 81.5 Å². The van der Waals surface area contributed by atoms with E-state index < -0.39 is 17.8 Å². The van der Waals surface area contributed by atoms with Crippen molar-refractivity contribution in [1.82, 2.24) is 14.8 Å². The quantitative estimate of drug-likeness (QED) is 0.775. The Kier molecular flexibility index (Phi) is 4.39. The predicted molar refractivity (Wildman–Crippen MR) is 88.7 cm³/mol. The summed E-state index contributed by atoms with van der Waals surface area (Å²) in [5.74, 6) is -1.90. The van der Waals surface area contributed by atoms with E-state index in [-0.39, 0.29) is 17.5 Å². The van der Waals surface area contributed by atoms with Crippen LogP contribution in [0.4, 0.5) is 0 Å². The fourth-order valence-electron chi connectivity index (χ4n) is 3.12. The number of nitrogens with zero attached hydrogens (tertiary/aromatic N) is 3. The van der Waals surface area contributed by atoms with Gasteiger partial charge in [0.25, 0.3) is 11.8 Å². The summed E-state index contributed by atoms with van der Waals surface area (Å²) in [4.78, 5) is 42.0. The van der Waals surface area contributed by atoms with Gasteiger partial charge in [-0.25, -0.2) is 4.79 Å². The molecule has 7 heteroatoms. The molecule has 1 aromatic heterocycles. The van der Waals surface area contributed by atoms with E-state index in [0.29, 0.717) is 11.5 Å². The largest absolute Gasteiger partial charge is 0.337 e. The van der Waals surface area contributed by atoms with Gasteiger partial charge < -0.3 is 4.84 Å². The minimum Gasteiger partial charge on any atom is -0.329 e. The molecule has 1 aliphatic heterocycles. The third kappa shape index (κ3) is 2.82. The van der Waals surface area contributed by atoms with Gasteiger partial charge in [0.1, 0.15) is 0 Å². The maximum atomic E-state index is 12.4. The lowest BCUT2D eigenvalue weighted by atomic mass is 10.1. The molecule has 130 valence electrons. The molecule has 0 radical (unpaired) electrons. The molecule has 1 aromatic carbocycles. The summed E-state index contributed by atoms with van der Waals surface area (Å²) in [7, 11) is 1.83. The summed E-state index contributed by atoms with van der Waals surface area (Å²) in [5.41, 5.74) is 3.04. The van der Waals surface area contributed by atoms with Crippen LogP contribution in [-0.4, -0.2) is 32.6 Å². The number of rotatable bonds is 5. The molecule has 2 heterocycles. The number of amides is 2. The molecule has 2 aromatic rings. The van der Waals surface area contributed by atoms with Crippen molar-refractivity contribution in [3.05, 3.63) is 52.3 Å². The molecule has 0 unspecified atom stereocenters. The molecule has 0 saturated heterocycles. The van der Waals surface area contributed by atoms with Crippen LogP contribution in [0, 0.1) is 0 Å². The fourth-order valence-corrected chi connectivity index (χ4v) is 3.12. The maximum Gasteiger partial charge on any atom is 0.337 e. The average Bonchev–Trinajstić information content (AvgIpc) is 3.04. The number of benzene rings is 1. The predicted octanol–water partition coefficient (Wildman–Crippen LogP) is 1.84. The van der Waals surface area contributed by atoms with Crippen molar-refractivity contribution in [3.8, 4) is 0 Å². The van der Waals surface area contributed by atoms with Gasteiger partial charge in [-0.05, 0) is 25.0 Å². The zero-order valence-corrected chi connectivity index (χ0v) is 14.4. The first kappa shape index (κ1) is 16.9. The Hall–Kier alpha value is -2.96. The van der Waals surface area contributed by atoms with Crippen LogP contribution in [0.3, 0.4) is 0 Å². The molecule has 0 fully saturated rings. The monoisotopic (exact) mass is 341 g/mol. The molecule has 2 amide bonds. The third-order valence-corrected chi connectivity index (χ3v) is 4.30. The smallest absolute Gasteiger partial charge is 0.329 e. The molecule has 0 aliphatic carbocycles. The minimum absolute atomic E-state index is 0.0341. The number of hydrogen-bond donors (Lipinski definition) is 0. The first-order chi connectivity index (χ1) is 12.0. The van der Waals surface area contributed by atoms with E-state index in [4.69, 9.17) is 4.84 Å². The standard InChI is InChI=1S/C18H19N3O4/c1-4-14-13(15(5-2)20(3)19-14)10-16(22)25-21-17(23)11-8-6-7-9-12(11)18(21)24/h6-9H,4-5,10H2,1-3H3. The molecule has 0 atom stereocenters. The maximum absolute atomic E-state index is 12.4. The van der Waals surface area contributed by atoms with E-state index in [0.717, 1.165) is 23.4 Å². The second kappa shape index (κ2) is 6.51. The number of aryl methyl sites for hydroxylation is 2. The Balaban J connectivity index is 1.79. The van der Waals surface area contributed by atoms with E-state index in [1.54, 1.807) is 16.8 Å². The number of hydrogen-bond acceptors (Lipinski definition) is 5. The first-order valence-corrected chi connectivity index (χ1v) is 8.20. The molecular formula is C18H19N3O4. The number of aromatic nitrogens is 2. The highest BCUT2D eigenvalue weighted by Crippen LogP contribution is 2.23. The Morgan fingerprint density at radius 3 is 2.20 bits per heavy atom. The number of fused-ring (bicyclic) bond motifs is 1.